The molecule has 0 saturated carbocycles. The second kappa shape index (κ2) is 9.88. The van der Waals surface area contributed by atoms with Gasteiger partial charge in [-0.1, -0.05) is 53.5 Å². The minimum absolute atomic E-state index is 0.330. The summed E-state index contributed by atoms with van der Waals surface area (Å²) in [7, 11) is 0. The van der Waals surface area contributed by atoms with E-state index in [1.54, 1.807) is 18.2 Å². The van der Waals surface area contributed by atoms with Gasteiger partial charge in [0.15, 0.2) is 0 Å². The van der Waals surface area contributed by atoms with E-state index in [4.69, 9.17) is 37.7 Å². The molecule has 0 fully saturated rings. The summed E-state index contributed by atoms with van der Waals surface area (Å²) in [5.74, 6) is 2.36. The average molecular weight is 441 g/mol. The first-order valence-electron chi connectivity index (χ1n) is 9.90. The van der Waals surface area contributed by atoms with Crippen LogP contribution in [0.15, 0.2) is 72.8 Å². The maximum Gasteiger partial charge on any atom is 0.147 e. The van der Waals surface area contributed by atoms with Gasteiger partial charge in [0.2, 0.25) is 0 Å². The number of unbranched alkanes of at least 4 members (excludes halogenated alkanes) is 1. The Balaban J connectivity index is 1.41. The van der Waals surface area contributed by atoms with Crippen molar-refractivity contribution in [3.05, 3.63) is 88.7 Å². The van der Waals surface area contributed by atoms with Crippen molar-refractivity contribution in [2.45, 2.75) is 26.0 Å². The van der Waals surface area contributed by atoms with E-state index in [2.05, 4.69) is 10.6 Å². The number of hydrogen-bond donors (Lipinski definition) is 0. The maximum absolute atomic E-state index is 6.23. The summed E-state index contributed by atoms with van der Waals surface area (Å²) in [5.41, 5.74) is 2.06. The van der Waals surface area contributed by atoms with Crippen molar-refractivity contribution in [1.29, 1.82) is 0 Å². The zero-order valence-corrected chi connectivity index (χ0v) is 17.9. The van der Waals surface area contributed by atoms with E-state index in [-0.39, 0.29) is 0 Å². The van der Waals surface area contributed by atoms with Gasteiger partial charge in [-0.05, 0) is 55.3 Å². The molecule has 0 aliphatic heterocycles. The van der Waals surface area contributed by atoms with Gasteiger partial charge in [0.25, 0.3) is 0 Å². The molecule has 0 aliphatic carbocycles. The van der Waals surface area contributed by atoms with Crippen LogP contribution in [0.3, 0.4) is 0 Å². The fourth-order valence-electron chi connectivity index (χ4n) is 3.30. The summed E-state index contributed by atoms with van der Waals surface area (Å²) in [6.07, 6.45) is 1.92. The van der Waals surface area contributed by atoms with Crippen molar-refractivity contribution in [2.24, 2.45) is 0 Å². The third-order valence-corrected chi connectivity index (χ3v) is 5.30. The van der Waals surface area contributed by atoms with Gasteiger partial charge in [0.1, 0.15) is 23.9 Å². The molecule has 0 radical (unpaired) electrons. The quantitative estimate of drug-likeness (QED) is 0.269. The zero-order valence-electron chi connectivity index (χ0n) is 16.4. The highest BCUT2D eigenvalue weighted by Gasteiger charge is 2.12. The topological polar surface area (TPSA) is 36.3 Å². The van der Waals surface area contributed by atoms with Crippen LogP contribution >= 0.6 is 23.2 Å². The molecular formula is C24H22Cl2N2O2. The van der Waals surface area contributed by atoms with Crippen molar-refractivity contribution in [3.63, 3.8) is 0 Å². The van der Waals surface area contributed by atoms with E-state index in [9.17, 15) is 0 Å². The molecule has 4 nitrogen and oxygen atoms in total. The number of ether oxygens (including phenoxy) is 2. The summed E-state index contributed by atoms with van der Waals surface area (Å²) in [5, 5.41) is 1.07. The van der Waals surface area contributed by atoms with Crippen LogP contribution in [0.1, 0.15) is 18.7 Å². The SMILES string of the molecule is Clc1ccc(OCc2nc3ccccc3n2CCCCOc2ccccc2)c(Cl)c1. The van der Waals surface area contributed by atoms with Crippen molar-refractivity contribution < 1.29 is 9.47 Å². The predicted octanol–water partition coefficient (Wildman–Crippen LogP) is 6.78. The highest BCUT2D eigenvalue weighted by atomic mass is 35.5. The summed E-state index contributed by atoms with van der Waals surface area (Å²) in [4.78, 5) is 4.76. The number of aryl methyl sites for hydroxylation is 1. The first-order chi connectivity index (χ1) is 14.7. The van der Waals surface area contributed by atoms with Crippen molar-refractivity contribution >= 4 is 34.2 Å². The molecule has 30 heavy (non-hydrogen) atoms. The van der Waals surface area contributed by atoms with Crippen LogP contribution in [-0.4, -0.2) is 16.2 Å². The predicted molar refractivity (Wildman–Crippen MR) is 122 cm³/mol. The van der Waals surface area contributed by atoms with Gasteiger partial charge in [-0.3, -0.25) is 0 Å². The highest BCUT2D eigenvalue weighted by Crippen LogP contribution is 2.28. The molecule has 0 unspecified atom stereocenters. The monoisotopic (exact) mass is 440 g/mol. The molecule has 0 N–H and O–H groups in total. The van der Waals surface area contributed by atoms with Gasteiger partial charge in [0, 0.05) is 11.6 Å². The first kappa shape index (κ1) is 20.6. The molecule has 0 aliphatic rings. The van der Waals surface area contributed by atoms with Crippen molar-refractivity contribution in [2.75, 3.05) is 6.61 Å². The molecule has 154 valence electrons. The Kier molecular flexibility index (Phi) is 6.77. The Morgan fingerprint density at radius 2 is 1.63 bits per heavy atom. The smallest absolute Gasteiger partial charge is 0.147 e. The Morgan fingerprint density at radius 1 is 0.833 bits per heavy atom. The van der Waals surface area contributed by atoms with Gasteiger partial charge < -0.3 is 14.0 Å². The van der Waals surface area contributed by atoms with Crippen molar-refractivity contribution in [3.8, 4) is 11.5 Å². The maximum atomic E-state index is 6.23. The molecule has 3 aromatic carbocycles. The Hall–Kier alpha value is -2.69. The highest BCUT2D eigenvalue weighted by molar-refractivity contribution is 6.35. The molecule has 4 aromatic rings. The number of halogens is 2. The van der Waals surface area contributed by atoms with Gasteiger partial charge >= 0.3 is 0 Å². The van der Waals surface area contributed by atoms with Crippen LogP contribution in [0.5, 0.6) is 11.5 Å². The molecule has 0 spiro atoms. The van der Waals surface area contributed by atoms with Gasteiger partial charge in [-0.15, -0.1) is 0 Å². The molecule has 0 saturated heterocycles. The molecule has 1 heterocycles. The Morgan fingerprint density at radius 3 is 2.47 bits per heavy atom. The fraction of sp³-hybridized carbons (Fsp3) is 0.208. The molecule has 6 heteroatoms. The summed E-state index contributed by atoms with van der Waals surface area (Å²) in [6, 6.07) is 23.2. The first-order valence-corrected chi connectivity index (χ1v) is 10.7. The van der Waals surface area contributed by atoms with E-state index in [1.807, 2.05) is 48.5 Å². The van der Waals surface area contributed by atoms with Crippen LogP contribution < -0.4 is 9.47 Å². The lowest BCUT2D eigenvalue weighted by atomic mass is 10.3. The zero-order chi connectivity index (χ0) is 20.8. The van der Waals surface area contributed by atoms with Gasteiger partial charge in [-0.2, -0.15) is 0 Å². The summed E-state index contributed by atoms with van der Waals surface area (Å²) in [6.45, 7) is 1.85. The number of rotatable bonds is 9. The minimum Gasteiger partial charge on any atom is -0.494 e. The average Bonchev–Trinajstić information content (AvgIpc) is 3.11. The largest absolute Gasteiger partial charge is 0.494 e. The molecule has 0 atom stereocenters. The van der Waals surface area contributed by atoms with E-state index in [1.165, 1.54) is 0 Å². The molecule has 0 amide bonds. The van der Waals surface area contributed by atoms with Crippen LogP contribution in [0, 0.1) is 0 Å². The van der Waals surface area contributed by atoms with Crippen molar-refractivity contribution in [1.82, 2.24) is 9.55 Å². The van der Waals surface area contributed by atoms with Crippen LogP contribution in [0.2, 0.25) is 10.0 Å². The van der Waals surface area contributed by atoms with Crippen LogP contribution in [0.4, 0.5) is 0 Å². The molecule has 0 bridgehead atoms. The van der Waals surface area contributed by atoms with E-state index in [0.29, 0.717) is 29.0 Å². The fourth-order valence-corrected chi connectivity index (χ4v) is 3.76. The van der Waals surface area contributed by atoms with Gasteiger partial charge in [-0.25, -0.2) is 4.98 Å². The lowest BCUT2D eigenvalue weighted by Gasteiger charge is -2.12. The summed E-state index contributed by atoms with van der Waals surface area (Å²) < 4.78 is 13.9. The Bertz CT molecular complexity index is 1110. The number of para-hydroxylation sites is 3. The van der Waals surface area contributed by atoms with E-state index in [0.717, 1.165) is 42.0 Å². The van der Waals surface area contributed by atoms with E-state index >= 15 is 0 Å². The number of fused-ring (bicyclic) bond motifs is 1. The standard InChI is InChI=1S/C24H22Cl2N2O2/c25-18-12-13-23(20(26)16-18)30-17-24-27-21-10-4-5-11-22(21)28(24)14-6-7-15-29-19-8-2-1-3-9-19/h1-5,8-13,16H,6-7,14-15,17H2. The molecule has 1 aromatic heterocycles. The number of benzene rings is 3. The lowest BCUT2D eigenvalue weighted by Crippen LogP contribution is -2.09. The third-order valence-electron chi connectivity index (χ3n) is 4.77. The number of hydrogen-bond acceptors (Lipinski definition) is 3. The second-order valence-corrected chi connectivity index (χ2v) is 7.74. The van der Waals surface area contributed by atoms with E-state index < -0.39 is 0 Å². The normalized spacial score (nSPS) is 11.0. The Labute approximate surface area is 186 Å². The lowest BCUT2D eigenvalue weighted by molar-refractivity contribution is 0.285. The van der Waals surface area contributed by atoms with Crippen LogP contribution in [0.25, 0.3) is 11.0 Å². The number of aromatic nitrogens is 2. The summed E-state index contributed by atoms with van der Waals surface area (Å²) >= 11 is 12.2. The molecule has 4 rings (SSSR count). The third kappa shape index (κ3) is 5.07. The second-order valence-electron chi connectivity index (χ2n) is 6.90. The number of imidazole rings is 1. The minimum atomic E-state index is 0.330. The van der Waals surface area contributed by atoms with Crippen LogP contribution in [-0.2, 0) is 13.2 Å². The molecular weight excluding hydrogens is 419 g/mol. The number of nitrogens with zero attached hydrogens (tertiary/aromatic N) is 2. The van der Waals surface area contributed by atoms with Gasteiger partial charge in [0.05, 0.1) is 22.7 Å².